The number of hydrogen-bond donors (Lipinski definition) is 0. The molecular weight excluding hydrogens is 262 g/mol. The van der Waals surface area contributed by atoms with Crippen molar-refractivity contribution in [2.45, 2.75) is 6.10 Å². The molecule has 21 heavy (non-hydrogen) atoms. The molecule has 1 heterocycles. The molecule has 0 saturated carbocycles. The van der Waals surface area contributed by atoms with Crippen LogP contribution in [-0.2, 0) is 4.74 Å². The summed E-state index contributed by atoms with van der Waals surface area (Å²) in [4.78, 5) is 2.41. The summed E-state index contributed by atoms with van der Waals surface area (Å²) in [6, 6.07) is 20.5. The van der Waals surface area contributed by atoms with Crippen molar-refractivity contribution >= 4 is 0 Å². The van der Waals surface area contributed by atoms with Gasteiger partial charge in [-0.3, -0.25) is 4.90 Å². The van der Waals surface area contributed by atoms with Crippen LogP contribution in [0.2, 0.25) is 0 Å². The highest BCUT2D eigenvalue weighted by molar-refractivity contribution is 5.24. The molecule has 3 rings (SSSR count). The van der Waals surface area contributed by atoms with Gasteiger partial charge >= 0.3 is 0 Å². The summed E-state index contributed by atoms with van der Waals surface area (Å²) in [5.41, 5.74) is 1.22. The molecule has 2 aromatic rings. The first-order chi connectivity index (χ1) is 10.4. The molecule has 0 aliphatic carbocycles. The Hall–Kier alpha value is -1.84. The summed E-state index contributed by atoms with van der Waals surface area (Å²) < 4.78 is 11.6. The predicted octanol–water partition coefficient (Wildman–Crippen LogP) is 3.14. The molecule has 0 radical (unpaired) electrons. The highest BCUT2D eigenvalue weighted by Crippen LogP contribution is 2.23. The molecule has 1 aliphatic heterocycles. The topological polar surface area (TPSA) is 21.7 Å². The maximum absolute atomic E-state index is 6.22. The van der Waals surface area contributed by atoms with Crippen LogP contribution in [0.1, 0.15) is 11.7 Å². The Balaban J connectivity index is 1.74. The molecule has 0 N–H and O–H groups in total. The smallest absolute Gasteiger partial charge is 0.136 e. The van der Waals surface area contributed by atoms with Crippen LogP contribution in [0.15, 0.2) is 60.7 Å². The average Bonchev–Trinajstić information content (AvgIpc) is 2.57. The SMILES string of the molecule is c1ccc(OC(CN2CCOCC2)c2ccccc2)cc1. The van der Waals surface area contributed by atoms with Gasteiger partial charge in [-0.05, 0) is 17.7 Å². The highest BCUT2D eigenvalue weighted by Gasteiger charge is 2.19. The minimum atomic E-state index is 0.0479. The van der Waals surface area contributed by atoms with E-state index in [1.807, 2.05) is 36.4 Å². The maximum Gasteiger partial charge on any atom is 0.136 e. The van der Waals surface area contributed by atoms with Gasteiger partial charge in [-0.2, -0.15) is 0 Å². The van der Waals surface area contributed by atoms with Crippen molar-refractivity contribution in [3.8, 4) is 5.75 Å². The summed E-state index contributed by atoms with van der Waals surface area (Å²) in [5, 5.41) is 0. The van der Waals surface area contributed by atoms with Gasteiger partial charge in [-0.15, -0.1) is 0 Å². The number of morpholine rings is 1. The Morgan fingerprint density at radius 1 is 0.905 bits per heavy atom. The van der Waals surface area contributed by atoms with E-state index in [9.17, 15) is 0 Å². The van der Waals surface area contributed by atoms with Crippen molar-refractivity contribution in [3.63, 3.8) is 0 Å². The number of nitrogens with zero attached hydrogens (tertiary/aromatic N) is 1. The number of rotatable bonds is 5. The van der Waals surface area contributed by atoms with Crippen molar-refractivity contribution in [1.29, 1.82) is 0 Å². The highest BCUT2D eigenvalue weighted by atomic mass is 16.5. The molecule has 110 valence electrons. The lowest BCUT2D eigenvalue weighted by atomic mass is 10.1. The summed E-state index contributed by atoms with van der Waals surface area (Å²) in [7, 11) is 0. The predicted molar refractivity (Wildman–Crippen MR) is 83.5 cm³/mol. The normalized spacial score (nSPS) is 17.3. The first kappa shape index (κ1) is 14.1. The number of ether oxygens (including phenoxy) is 2. The minimum absolute atomic E-state index is 0.0479. The van der Waals surface area contributed by atoms with Crippen molar-refractivity contribution in [3.05, 3.63) is 66.2 Å². The summed E-state index contributed by atoms with van der Waals surface area (Å²) >= 11 is 0. The lowest BCUT2D eigenvalue weighted by Gasteiger charge is -2.30. The monoisotopic (exact) mass is 283 g/mol. The van der Waals surface area contributed by atoms with Gasteiger partial charge in [0.15, 0.2) is 0 Å². The first-order valence-corrected chi connectivity index (χ1v) is 7.48. The van der Waals surface area contributed by atoms with Crippen LogP contribution < -0.4 is 4.74 Å². The van der Waals surface area contributed by atoms with E-state index in [0.29, 0.717) is 0 Å². The fourth-order valence-corrected chi connectivity index (χ4v) is 2.56. The van der Waals surface area contributed by atoms with Gasteiger partial charge < -0.3 is 9.47 Å². The molecule has 1 unspecified atom stereocenters. The van der Waals surface area contributed by atoms with Gasteiger partial charge in [0.1, 0.15) is 11.9 Å². The third-order valence-corrected chi connectivity index (χ3v) is 3.72. The van der Waals surface area contributed by atoms with Gasteiger partial charge in [-0.25, -0.2) is 0 Å². The quantitative estimate of drug-likeness (QED) is 0.841. The van der Waals surface area contributed by atoms with E-state index in [4.69, 9.17) is 9.47 Å². The van der Waals surface area contributed by atoms with Gasteiger partial charge in [0.05, 0.1) is 13.2 Å². The molecule has 3 heteroatoms. The Morgan fingerprint density at radius 2 is 1.52 bits per heavy atom. The van der Waals surface area contributed by atoms with E-state index in [2.05, 4.69) is 29.2 Å². The molecule has 0 bridgehead atoms. The average molecular weight is 283 g/mol. The van der Waals surface area contributed by atoms with Crippen LogP contribution in [0.5, 0.6) is 5.75 Å². The van der Waals surface area contributed by atoms with Crippen molar-refractivity contribution < 1.29 is 9.47 Å². The zero-order valence-electron chi connectivity index (χ0n) is 12.2. The Bertz CT molecular complexity index is 523. The largest absolute Gasteiger partial charge is 0.484 e. The minimum Gasteiger partial charge on any atom is -0.484 e. The number of hydrogen-bond acceptors (Lipinski definition) is 3. The molecule has 3 nitrogen and oxygen atoms in total. The fourth-order valence-electron chi connectivity index (χ4n) is 2.56. The van der Waals surface area contributed by atoms with Gasteiger partial charge in [0.2, 0.25) is 0 Å². The molecule has 0 aromatic heterocycles. The summed E-state index contributed by atoms with van der Waals surface area (Å²) in [6.07, 6.45) is 0.0479. The summed E-state index contributed by atoms with van der Waals surface area (Å²) in [6.45, 7) is 4.46. The third kappa shape index (κ3) is 4.06. The Labute approximate surface area is 126 Å². The molecule has 1 fully saturated rings. The van der Waals surface area contributed by atoms with Gasteiger partial charge in [0.25, 0.3) is 0 Å². The van der Waals surface area contributed by atoms with E-state index >= 15 is 0 Å². The zero-order valence-corrected chi connectivity index (χ0v) is 12.2. The molecule has 2 aromatic carbocycles. The molecule has 0 amide bonds. The second-order valence-corrected chi connectivity index (χ2v) is 5.24. The molecule has 1 aliphatic rings. The van der Waals surface area contributed by atoms with E-state index in [1.54, 1.807) is 0 Å². The van der Waals surface area contributed by atoms with Crippen molar-refractivity contribution in [1.82, 2.24) is 4.90 Å². The van der Waals surface area contributed by atoms with Crippen LogP contribution in [0.3, 0.4) is 0 Å². The molecule has 1 saturated heterocycles. The molecule has 0 spiro atoms. The van der Waals surface area contributed by atoms with E-state index in [0.717, 1.165) is 38.6 Å². The Morgan fingerprint density at radius 3 is 2.19 bits per heavy atom. The van der Waals surface area contributed by atoms with E-state index in [1.165, 1.54) is 5.56 Å². The second kappa shape index (κ2) is 7.25. The maximum atomic E-state index is 6.22. The van der Waals surface area contributed by atoms with E-state index < -0.39 is 0 Å². The third-order valence-electron chi connectivity index (χ3n) is 3.72. The molecular formula is C18H21NO2. The van der Waals surface area contributed by atoms with Crippen LogP contribution in [0.25, 0.3) is 0 Å². The lowest BCUT2D eigenvalue weighted by Crippen LogP contribution is -2.39. The number of benzene rings is 2. The fraction of sp³-hybridized carbons (Fsp3) is 0.333. The first-order valence-electron chi connectivity index (χ1n) is 7.48. The van der Waals surface area contributed by atoms with Crippen LogP contribution in [-0.4, -0.2) is 37.7 Å². The van der Waals surface area contributed by atoms with Crippen LogP contribution in [0.4, 0.5) is 0 Å². The van der Waals surface area contributed by atoms with Crippen LogP contribution in [0, 0.1) is 0 Å². The second-order valence-electron chi connectivity index (χ2n) is 5.24. The van der Waals surface area contributed by atoms with Crippen molar-refractivity contribution in [2.75, 3.05) is 32.8 Å². The molecule has 1 atom stereocenters. The van der Waals surface area contributed by atoms with Crippen molar-refractivity contribution in [2.24, 2.45) is 0 Å². The Kier molecular flexibility index (Phi) is 4.87. The van der Waals surface area contributed by atoms with Gasteiger partial charge in [0, 0.05) is 19.6 Å². The standard InChI is InChI=1S/C18H21NO2/c1-3-7-16(8-4-1)18(15-19-11-13-20-14-12-19)21-17-9-5-2-6-10-17/h1-10,18H,11-15H2. The number of para-hydroxylation sites is 1. The van der Waals surface area contributed by atoms with E-state index in [-0.39, 0.29) is 6.10 Å². The summed E-state index contributed by atoms with van der Waals surface area (Å²) in [5.74, 6) is 0.916. The lowest BCUT2D eigenvalue weighted by molar-refractivity contribution is 0.0189. The van der Waals surface area contributed by atoms with Crippen LogP contribution >= 0.6 is 0 Å². The van der Waals surface area contributed by atoms with Gasteiger partial charge in [-0.1, -0.05) is 48.5 Å². The zero-order chi connectivity index (χ0) is 14.3.